The highest BCUT2D eigenvalue weighted by Crippen LogP contribution is 2.28. The highest BCUT2D eigenvalue weighted by molar-refractivity contribution is 7.14. The van der Waals surface area contributed by atoms with Crippen molar-refractivity contribution in [3.63, 3.8) is 0 Å². The van der Waals surface area contributed by atoms with Crippen molar-refractivity contribution in [3.8, 4) is 0 Å². The van der Waals surface area contributed by atoms with Crippen LogP contribution in [0.25, 0.3) is 10.8 Å². The summed E-state index contributed by atoms with van der Waals surface area (Å²) in [6.45, 7) is 1.42. The summed E-state index contributed by atoms with van der Waals surface area (Å²) < 4.78 is 7.55. The van der Waals surface area contributed by atoms with E-state index < -0.39 is 0 Å². The number of aromatic nitrogens is 3. The summed E-state index contributed by atoms with van der Waals surface area (Å²) in [5.74, 6) is 0.340. The molecule has 7 nitrogen and oxygen atoms in total. The van der Waals surface area contributed by atoms with E-state index in [1.807, 2.05) is 43.7 Å². The van der Waals surface area contributed by atoms with Gasteiger partial charge in [-0.05, 0) is 47.6 Å². The number of thiophene rings is 1. The third kappa shape index (κ3) is 5.45. The lowest BCUT2D eigenvalue weighted by molar-refractivity contribution is 0.0955. The second kappa shape index (κ2) is 10.1. The van der Waals surface area contributed by atoms with Gasteiger partial charge < -0.3 is 15.8 Å². The number of ether oxygens (including phenoxy) is 1. The number of pyridine rings is 1. The number of hydrogen-bond acceptors (Lipinski definition) is 6. The quantitative estimate of drug-likeness (QED) is 0.355. The van der Waals surface area contributed by atoms with Gasteiger partial charge in [0.25, 0.3) is 5.91 Å². The van der Waals surface area contributed by atoms with Crippen molar-refractivity contribution >= 4 is 45.4 Å². The number of carbonyl (C=O) groups excluding carboxylic acids is 1. The topological polar surface area (TPSA) is 95.1 Å². The molecule has 1 amide bonds. The van der Waals surface area contributed by atoms with Crippen LogP contribution in [-0.4, -0.2) is 27.3 Å². The molecule has 1 aromatic carbocycles. The Morgan fingerprint density at radius 2 is 2.16 bits per heavy atom. The lowest BCUT2D eigenvalue weighted by Crippen LogP contribution is -2.21. The van der Waals surface area contributed by atoms with Crippen molar-refractivity contribution in [2.24, 2.45) is 7.05 Å². The molecular formula is C23H24ClN5O2S. The van der Waals surface area contributed by atoms with Crippen LogP contribution in [0.1, 0.15) is 32.1 Å². The van der Waals surface area contributed by atoms with Crippen molar-refractivity contribution < 1.29 is 9.53 Å². The summed E-state index contributed by atoms with van der Waals surface area (Å²) in [4.78, 5) is 18.1. The third-order valence-electron chi connectivity index (χ3n) is 5.04. The van der Waals surface area contributed by atoms with E-state index in [1.54, 1.807) is 16.9 Å². The molecule has 0 unspecified atom stereocenters. The molecule has 0 radical (unpaired) electrons. The van der Waals surface area contributed by atoms with Crippen LogP contribution in [0, 0.1) is 0 Å². The van der Waals surface area contributed by atoms with Gasteiger partial charge in [0, 0.05) is 42.9 Å². The maximum Gasteiger partial charge on any atom is 0.261 e. The maximum atomic E-state index is 12.6. The van der Waals surface area contributed by atoms with Gasteiger partial charge in [0.05, 0.1) is 22.7 Å². The van der Waals surface area contributed by atoms with Crippen LogP contribution >= 0.6 is 22.9 Å². The van der Waals surface area contributed by atoms with Crippen LogP contribution in [0.15, 0.2) is 48.9 Å². The largest absolute Gasteiger partial charge is 0.383 e. The first-order valence-corrected chi connectivity index (χ1v) is 11.4. The molecule has 0 saturated heterocycles. The van der Waals surface area contributed by atoms with Gasteiger partial charge in [0.2, 0.25) is 0 Å². The van der Waals surface area contributed by atoms with Gasteiger partial charge in [-0.25, -0.2) is 4.98 Å². The van der Waals surface area contributed by atoms with E-state index in [4.69, 9.17) is 22.1 Å². The first-order valence-electron chi connectivity index (χ1n) is 10.2. The standard InChI is InChI=1S/C23H24ClN5O2S/c1-29-13-16(12-28-29)3-2-8-31-14-21-19(24)10-20(32-21)23(30)27-11-15-4-5-18-17(9-15)6-7-26-22(18)25/h4-7,9-10,12-13H,2-3,8,11,14H2,1H3,(H2,25,26)(H,27,30). The SMILES string of the molecule is Cn1cc(CCCOCc2sc(C(=O)NCc3ccc4c(N)nccc4c3)cc2Cl)cn1. The molecule has 9 heteroatoms. The van der Waals surface area contributed by atoms with Crippen molar-refractivity contribution in [1.29, 1.82) is 0 Å². The highest BCUT2D eigenvalue weighted by Gasteiger charge is 2.14. The Bertz CT molecular complexity index is 1240. The molecule has 0 saturated carbocycles. The molecule has 0 atom stereocenters. The molecule has 3 aromatic heterocycles. The number of rotatable bonds is 9. The monoisotopic (exact) mass is 469 g/mol. The van der Waals surface area contributed by atoms with E-state index in [2.05, 4.69) is 15.4 Å². The Balaban J connectivity index is 1.26. The smallest absolute Gasteiger partial charge is 0.261 e. The molecule has 32 heavy (non-hydrogen) atoms. The van der Waals surface area contributed by atoms with E-state index in [9.17, 15) is 4.79 Å². The summed E-state index contributed by atoms with van der Waals surface area (Å²) in [5.41, 5.74) is 8.07. The Morgan fingerprint density at radius 1 is 1.28 bits per heavy atom. The number of nitrogen functional groups attached to an aromatic ring is 1. The first-order chi connectivity index (χ1) is 15.5. The number of amides is 1. The summed E-state index contributed by atoms with van der Waals surface area (Å²) in [7, 11) is 1.91. The number of nitrogens with zero attached hydrogens (tertiary/aromatic N) is 3. The Labute approximate surface area is 195 Å². The molecular weight excluding hydrogens is 446 g/mol. The van der Waals surface area contributed by atoms with Crippen LogP contribution in [0.2, 0.25) is 5.02 Å². The van der Waals surface area contributed by atoms with Gasteiger partial charge >= 0.3 is 0 Å². The predicted molar refractivity (Wildman–Crippen MR) is 128 cm³/mol. The van der Waals surface area contributed by atoms with Crippen LogP contribution in [-0.2, 0) is 31.4 Å². The molecule has 3 N–H and O–H groups in total. The van der Waals surface area contributed by atoms with Gasteiger partial charge in [0.1, 0.15) is 5.82 Å². The van der Waals surface area contributed by atoms with E-state index in [0.717, 1.165) is 34.1 Å². The zero-order valence-corrected chi connectivity index (χ0v) is 19.2. The minimum Gasteiger partial charge on any atom is -0.383 e. The highest BCUT2D eigenvalue weighted by atomic mass is 35.5. The van der Waals surface area contributed by atoms with Gasteiger partial charge in [0.15, 0.2) is 0 Å². The Kier molecular flexibility index (Phi) is 7.04. The summed E-state index contributed by atoms with van der Waals surface area (Å²) in [5, 5.41) is 9.56. The number of carbonyl (C=O) groups is 1. The van der Waals surface area contributed by atoms with Gasteiger partial charge in [-0.2, -0.15) is 5.10 Å². The molecule has 0 bridgehead atoms. The number of nitrogens with two attached hydrogens (primary N) is 1. The first kappa shape index (κ1) is 22.3. The zero-order chi connectivity index (χ0) is 22.5. The maximum absolute atomic E-state index is 12.6. The average molecular weight is 470 g/mol. The Morgan fingerprint density at radius 3 is 2.97 bits per heavy atom. The van der Waals surface area contributed by atoms with Crippen LogP contribution < -0.4 is 11.1 Å². The van der Waals surface area contributed by atoms with Crippen LogP contribution in [0.4, 0.5) is 5.82 Å². The van der Waals surface area contributed by atoms with Crippen LogP contribution in [0.3, 0.4) is 0 Å². The summed E-state index contributed by atoms with van der Waals surface area (Å²) in [6, 6.07) is 9.46. The summed E-state index contributed by atoms with van der Waals surface area (Å²) in [6.07, 6.45) is 7.36. The molecule has 0 aliphatic carbocycles. The molecule has 166 valence electrons. The average Bonchev–Trinajstić information content (AvgIpc) is 3.37. The number of hydrogen-bond donors (Lipinski definition) is 2. The number of benzene rings is 1. The fourth-order valence-corrected chi connectivity index (χ4v) is 4.64. The minimum absolute atomic E-state index is 0.158. The minimum atomic E-state index is -0.158. The van der Waals surface area contributed by atoms with E-state index >= 15 is 0 Å². The second-order valence-corrected chi connectivity index (χ2v) is 9.04. The number of aryl methyl sites for hydroxylation is 2. The van der Waals surface area contributed by atoms with Crippen molar-refractivity contribution in [2.45, 2.75) is 26.0 Å². The van der Waals surface area contributed by atoms with E-state index in [-0.39, 0.29) is 5.91 Å². The third-order valence-corrected chi connectivity index (χ3v) is 6.60. The summed E-state index contributed by atoms with van der Waals surface area (Å²) >= 11 is 7.68. The fourth-order valence-electron chi connectivity index (χ4n) is 3.39. The molecule has 4 aromatic rings. The number of halogens is 1. The number of fused-ring (bicyclic) bond motifs is 1. The fraction of sp³-hybridized carbons (Fsp3) is 0.261. The molecule has 0 spiro atoms. The Hall–Kier alpha value is -2.94. The predicted octanol–water partition coefficient (Wildman–Crippen LogP) is 4.34. The molecule has 0 aliphatic heterocycles. The van der Waals surface area contributed by atoms with Crippen molar-refractivity contribution in [1.82, 2.24) is 20.1 Å². The van der Waals surface area contributed by atoms with Crippen LogP contribution in [0.5, 0.6) is 0 Å². The number of nitrogens with one attached hydrogen (secondary N) is 1. The van der Waals surface area contributed by atoms with Gasteiger partial charge in [-0.1, -0.05) is 23.7 Å². The molecule has 0 aliphatic rings. The van der Waals surface area contributed by atoms with E-state index in [0.29, 0.717) is 35.5 Å². The molecule has 0 fully saturated rings. The van der Waals surface area contributed by atoms with E-state index in [1.165, 1.54) is 16.9 Å². The van der Waals surface area contributed by atoms with Gasteiger partial charge in [-0.3, -0.25) is 9.48 Å². The normalized spacial score (nSPS) is 11.2. The number of anilines is 1. The second-order valence-electron chi connectivity index (χ2n) is 7.49. The lowest BCUT2D eigenvalue weighted by atomic mass is 10.1. The zero-order valence-electron chi connectivity index (χ0n) is 17.7. The molecule has 3 heterocycles. The molecule has 4 rings (SSSR count). The van der Waals surface area contributed by atoms with Crippen molar-refractivity contribution in [3.05, 3.63) is 74.8 Å². The van der Waals surface area contributed by atoms with Crippen molar-refractivity contribution in [2.75, 3.05) is 12.3 Å². The lowest BCUT2D eigenvalue weighted by Gasteiger charge is -2.06. The van der Waals surface area contributed by atoms with Gasteiger partial charge in [-0.15, -0.1) is 11.3 Å².